The van der Waals surface area contributed by atoms with Gasteiger partial charge in [-0.05, 0) is 43.9 Å². The van der Waals surface area contributed by atoms with Gasteiger partial charge in [0.15, 0.2) is 12.0 Å². The molecule has 3 rings (SSSR count). The van der Waals surface area contributed by atoms with Crippen molar-refractivity contribution in [3.05, 3.63) is 52.7 Å². The third-order valence-electron chi connectivity index (χ3n) is 5.31. The number of hydrogen-bond donors (Lipinski definition) is 1. The molecule has 0 radical (unpaired) electrons. The number of aliphatic carboxylic acids is 1. The fourth-order valence-corrected chi connectivity index (χ4v) is 3.76. The van der Waals surface area contributed by atoms with Crippen LogP contribution in [-0.4, -0.2) is 35.4 Å². The molecule has 162 valence electrons. The van der Waals surface area contributed by atoms with Crippen LogP contribution in [0.25, 0.3) is 5.57 Å². The maximum atomic E-state index is 11.5. The Morgan fingerprint density at radius 1 is 1.33 bits per heavy atom. The molecule has 0 amide bonds. The topological polar surface area (TPSA) is 81.8 Å². The molecule has 2 aromatic rings. The number of carboxylic acids is 1. The van der Waals surface area contributed by atoms with Crippen LogP contribution in [0.4, 0.5) is 0 Å². The standard InChI is InChI=1S/C24H31NO5/c1-5-28-22(24(26)27)14-17-8-6-10-19-18(17)9-7-11-21(19)29-13-12-20-16(4)30-23(25-20)15(2)3/h7-9,11,15,22H,5-6,10,12-14H2,1-4H3,(H,26,27). The number of carbonyl (C=O) groups is 1. The van der Waals surface area contributed by atoms with Gasteiger partial charge in [-0.3, -0.25) is 0 Å². The fraction of sp³-hybridized carbons (Fsp3) is 0.500. The Hall–Kier alpha value is -2.60. The number of oxazole rings is 1. The second kappa shape index (κ2) is 9.94. The quantitative estimate of drug-likeness (QED) is 0.594. The molecular formula is C24H31NO5. The van der Waals surface area contributed by atoms with Crippen LogP contribution in [0, 0.1) is 6.92 Å². The Morgan fingerprint density at radius 2 is 2.13 bits per heavy atom. The van der Waals surface area contributed by atoms with Crippen molar-refractivity contribution in [3.8, 4) is 5.75 Å². The van der Waals surface area contributed by atoms with Gasteiger partial charge in [0, 0.05) is 30.9 Å². The summed E-state index contributed by atoms with van der Waals surface area (Å²) in [7, 11) is 0. The second-order valence-corrected chi connectivity index (χ2v) is 7.84. The predicted octanol–water partition coefficient (Wildman–Crippen LogP) is 4.94. The number of nitrogens with zero attached hydrogens (tertiary/aromatic N) is 1. The smallest absolute Gasteiger partial charge is 0.333 e. The van der Waals surface area contributed by atoms with Gasteiger partial charge in [0.25, 0.3) is 0 Å². The Morgan fingerprint density at radius 3 is 2.80 bits per heavy atom. The highest BCUT2D eigenvalue weighted by Gasteiger charge is 2.24. The lowest BCUT2D eigenvalue weighted by atomic mass is 9.87. The molecule has 0 bridgehead atoms. The van der Waals surface area contributed by atoms with Crippen molar-refractivity contribution in [3.63, 3.8) is 0 Å². The van der Waals surface area contributed by atoms with E-state index in [1.165, 1.54) is 0 Å². The molecule has 1 aromatic carbocycles. The molecule has 0 saturated carbocycles. The SMILES string of the molecule is CCOC(CC1=CCCc2c(OCCc3nc(C(C)C)oc3C)cccc21)C(=O)O. The number of aryl methyl sites for hydroxylation is 1. The molecule has 1 N–H and O–H groups in total. The molecule has 1 aromatic heterocycles. The van der Waals surface area contributed by atoms with Crippen LogP contribution in [0.15, 0.2) is 28.7 Å². The minimum atomic E-state index is -0.930. The minimum absolute atomic E-state index is 0.260. The first-order valence-electron chi connectivity index (χ1n) is 10.6. The second-order valence-electron chi connectivity index (χ2n) is 7.84. The number of aromatic nitrogens is 1. The summed E-state index contributed by atoms with van der Waals surface area (Å²) in [4.78, 5) is 16.1. The normalized spacial score (nSPS) is 14.4. The van der Waals surface area contributed by atoms with Gasteiger partial charge in [0.2, 0.25) is 0 Å². The van der Waals surface area contributed by atoms with Gasteiger partial charge in [0.05, 0.1) is 12.3 Å². The Labute approximate surface area is 177 Å². The van der Waals surface area contributed by atoms with Crippen LogP contribution in [0.1, 0.15) is 68.0 Å². The molecule has 1 atom stereocenters. The molecule has 30 heavy (non-hydrogen) atoms. The average Bonchev–Trinajstić information content (AvgIpc) is 3.09. The van der Waals surface area contributed by atoms with E-state index in [1.54, 1.807) is 0 Å². The third kappa shape index (κ3) is 5.11. The van der Waals surface area contributed by atoms with Gasteiger partial charge in [0.1, 0.15) is 11.5 Å². The summed E-state index contributed by atoms with van der Waals surface area (Å²) < 4.78 is 17.3. The molecule has 1 unspecified atom stereocenters. The van der Waals surface area contributed by atoms with E-state index >= 15 is 0 Å². The highest BCUT2D eigenvalue weighted by atomic mass is 16.5. The van der Waals surface area contributed by atoms with Gasteiger partial charge < -0.3 is 19.0 Å². The zero-order valence-corrected chi connectivity index (χ0v) is 18.2. The van der Waals surface area contributed by atoms with Crippen LogP contribution in [0.2, 0.25) is 0 Å². The molecule has 0 fully saturated rings. The lowest BCUT2D eigenvalue weighted by molar-refractivity contribution is -0.149. The monoisotopic (exact) mass is 413 g/mol. The molecule has 1 heterocycles. The molecule has 0 aliphatic heterocycles. The van der Waals surface area contributed by atoms with Crippen LogP contribution >= 0.6 is 0 Å². The van der Waals surface area contributed by atoms with E-state index in [4.69, 9.17) is 13.9 Å². The summed E-state index contributed by atoms with van der Waals surface area (Å²) in [5.41, 5.74) is 4.14. The Kier molecular flexibility index (Phi) is 7.32. The average molecular weight is 414 g/mol. The van der Waals surface area contributed by atoms with Crippen molar-refractivity contribution in [2.75, 3.05) is 13.2 Å². The fourth-order valence-electron chi connectivity index (χ4n) is 3.76. The van der Waals surface area contributed by atoms with Crippen molar-refractivity contribution in [1.29, 1.82) is 0 Å². The number of rotatable bonds is 10. The van der Waals surface area contributed by atoms with Gasteiger partial charge in [-0.2, -0.15) is 0 Å². The highest BCUT2D eigenvalue weighted by Crippen LogP contribution is 2.35. The summed E-state index contributed by atoms with van der Waals surface area (Å²) in [6, 6.07) is 5.98. The van der Waals surface area contributed by atoms with E-state index in [-0.39, 0.29) is 5.92 Å². The summed E-state index contributed by atoms with van der Waals surface area (Å²) in [5, 5.41) is 9.43. The van der Waals surface area contributed by atoms with E-state index < -0.39 is 12.1 Å². The summed E-state index contributed by atoms with van der Waals surface area (Å²) in [6.45, 7) is 8.76. The van der Waals surface area contributed by atoms with Crippen LogP contribution in [0.3, 0.4) is 0 Å². The number of hydrogen-bond acceptors (Lipinski definition) is 5. The van der Waals surface area contributed by atoms with Crippen LogP contribution in [0.5, 0.6) is 5.75 Å². The lowest BCUT2D eigenvalue weighted by Gasteiger charge is -2.23. The molecule has 1 aliphatic carbocycles. The van der Waals surface area contributed by atoms with Crippen LogP contribution in [-0.2, 0) is 22.4 Å². The summed E-state index contributed by atoms with van der Waals surface area (Å²) in [5.74, 6) is 1.79. The predicted molar refractivity (Wildman–Crippen MR) is 115 cm³/mol. The number of fused-ring (bicyclic) bond motifs is 1. The number of carboxylic acid groups (broad SMARTS) is 1. The first-order chi connectivity index (χ1) is 14.4. The molecule has 6 nitrogen and oxygen atoms in total. The van der Waals surface area contributed by atoms with E-state index in [0.29, 0.717) is 26.1 Å². The number of ether oxygens (including phenoxy) is 2. The van der Waals surface area contributed by atoms with E-state index in [2.05, 4.69) is 24.9 Å². The zero-order valence-electron chi connectivity index (χ0n) is 18.2. The lowest BCUT2D eigenvalue weighted by Crippen LogP contribution is -2.24. The minimum Gasteiger partial charge on any atom is -0.493 e. The van der Waals surface area contributed by atoms with E-state index in [9.17, 15) is 9.90 Å². The Balaban J connectivity index is 1.70. The number of allylic oxidation sites excluding steroid dienone is 1. The van der Waals surface area contributed by atoms with Crippen molar-refractivity contribution in [2.24, 2.45) is 0 Å². The third-order valence-corrected chi connectivity index (χ3v) is 5.31. The van der Waals surface area contributed by atoms with Crippen molar-refractivity contribution < 1.29 is 23.8 Å². The highest BCUT2D eigenvalue weighted by molar-refractivity contribution is 5.79. The maximum absolute atomic E-state index is 11.5. The van der Waals surface area contributed by atoms with Gasteiger partial charge in [-0.1, -0.05) is 32.1 Å². The molecule has 0 saturated heterocycles. The zero-order chi connectivity index (χ0) is 21.7. The van der Waals surface area contributed by atoms with E-state index in [1.807, 2.05) is 32.0 Å². The van der Waals surface area contributed by atoms with Crippen molar-refractivity contribution >= 4 is 11.5 Å². The van der Waals surface area contributed by atoms with Crippen molar-refractivity contribution in [2.45, 2.75) is 65.4 Å². The first-order valence-corrected chi connectivity index (χ1v) is 10.6. The summed E-state index contributed by atoms with van der Waals surface area (Å²) in [6.07, 6.45) is 4.06. The molecule has 1 aliphatic rings. The van der Waals surface area contributed by atoms with Crippen LogP contribution < -0.4 is 4.74 Å². The van der Waals surface area contributed by atoms with Gasteiger partial charge in [-0.15, -0.1) is 0 Å². The molecule has 6 heteroatoms. The van der Waals surface area contributed by atoms with Crippen molar-refractivity contribution in [1.82, 2.24) is 4.98 Å². The molecule has 0 spiro atoms. The summed E-state index contributed by atoms with van der Waals surface area (Å²) >= 11 is 0. The Bertz CT molecular complexity index is 912. The maximum Gasteiger partial charge on any atom is 0.333 e. The van der Waals surface area contributed by atoms with E-state index in [0.717, 1.165) is 52.6 Å². The van der Waals surface area contributed by atoms with Gasteiger partial charge >= 0.3 is 5.97 Å². The number of benzene rings is 1. The van der Waals surface area contributed by atoms with Gasteiger partial charge in [-0.25, -0.2) is 9.78 Å². The molecular weight excluding hydrogens is 382 g/mol. The first kappa shape index (κ1) is 22.1. The largest absolute Gasteiger partial charge is 0.493 e.